The highest BCUT2D eigenvalue weighted by atomic mass is 35.5. The zero-order valence-electron chi connectivity index (χ0n) is 14.9. The third-order valence-corrected chi connectivity index (χ3v) is 5.35. The second-order valence-corrected chi connectivity index (χ2v) is 7.07. The molecule has 29 heavy (non-hydrogen) atoms. The highest BCUT2D eigenvalue weighted by Crippen LogP contribution is 2.44. The summed E-state index contributed by atoms with van der Waals surface area (Å²) < 4.78 is 20.1. The van der Waals surface area contributed by atoms with Crippen molar-refractivity contribution in [1.29, 1.82) is 0 Å². The van der Waals surface area contributed by atoms with Crippen molar-refractivity contribution in [2.24, 2.45) is 0 Å². The van der Waals surface area contributed by atoms with Crippen LogP contribution in [0.2, 0.25) is 5.02 Å². The summed E-state index contributed by atoms with van der Waals surface area (Å²) >= 11 is 6.40. The molecular weight excluding hydrogens is 407 g/mol. The average Bonchev–Trinajstić information content (AvgIpc) is 2.82. The van der Waals surface area contributed by atoms with Gasteiger partial charge in [-0.1, -0.05) is 17.7 Å². The summed E-state index contributed by atoms with van der Waals surface area (Å²) in [6.45, 7) is 0.343. The Labute approximate surface area is 169 Å². The summed E-state index contributed by atoms with van der Waals surface area (Å²) in [6, 6.07) is 3.17. The molecule has 1 aromatic heterocycles. The van der Waals surface area contributed by atoms with Crippen molar-refractivity contribution in [3.05, 3.63) is 34.6 Å². The van der Waals surface area contributed by atoms with Crippen molar-refractivity contribution in [3.8, 4) is 22.8 Å². The van der Waals surface area contributed by atoms with Crippen LogP contribution in [-0.2, 0) is 0 Å². The third kappa shape index (κ3) is 3.05. The maximum atomic E-state index is 14.3. The van der Waals surface area contributed by atoms with E-state index in [0.717, 1.165) is 6.07 Å². The molecule has 0 radical (unpaired) electrons. The van der Waals surface area contributed by atoms with Crippen molar-refractivity contribution < 1.29 is 28.9 Å². The molecule has 2 aliphatic rings. The maximum Gasteiger partial charge on any atom is 0.407 e. The number of carbonyl (C=O) groups is 2. The molecule has 11 heteroatoms. The quantitative estimate of drug-likeness (QED) is 0.641. The number of rotatable bonds is 1. The number of ether oxygens (including phenoxy) is 1. The number of nitrogens with zero attached hydrogens (tertiary/aromatic N) is 3. The van der Waals surface area contributed by atoms with E-state index in [1.165, 1.54) is 21.9 Å². The molecule has 0 bridgehead atoms. The van der Waals surface area contributed by atoms with E-state index in [1.807, 2.05) is 0 Å². The number of anilines is 1. The molecule has 0 unspecified atom stereocenters. The van der Waals surface area contributed by atoms with Crippen molar-refractivity contribution in [2.75, 3.05) is 32.0 Å². The van der Waals surface area contributed by atoms with Gasteiger partial charge in [0, 0.05) is 19.6 Å². The lowest BCUT2D eigenvalue weighted by Gasteiger charge is -2.38. The van der Waals surface area contributed by atoms with Gasteiger partial charge in [0.15, 0.2) is 5.75 Å². The highest BCUT2D eigenvalue weighted by molar-refractivity contribution is 6.35. The van der Waals surface area contributed by atoms with Gasteiger partial charge in [0.1, 0.15) is 40.3 Å². The number of benzene rings is 1. The fourth-order valence-corrected chi connectivity index (χ4v) is 3.86. The van der Waals surface area contributed by atoms with E-state index >= 15 is 0 Å². The number of carbonyl (C=O) groups excluding carboxylic acids is 1. The summed E-state index contributed by atoms with van der Waals surface area (Å²) in [4.78, 5) is 31.1. The largest absolute Gasteiger partial charge is 0.507 e. The first kappa shape index (κ1) is 19.1. The van der Waals surface area contributed by atoms with Gasteiger partial charge in [0.05, 0.1) is 11.6 Å². The number of phenols is 1. The number of pyridine rings is 1. The van der Waals surface area contributed by atoms with Crippen molar-refractivity contribution in [2.45, 2.75) is 6.04 Å². The normalized spacial score (nSPS) is 18.6. The van der Waals surface area contributed by atoms with Crippen LogP contribution < -0.4 is 10.5 Å². The molecule has 152 valence electrons. The number of fused-ring (bicyclic) bond motifs is 2. The van der Waals surface area contributed by atoms with Crippen molar-refractivity contribution >= 4 is 29.4 Å². The minimum atomic E-state index is -1.09. The number of phenolic OH excluding ortho intramolecular Hbond substituents is 1. The summed E-state index contributed by atoms with van der Waals surface area (Å²) in [5, 5.41) is 19.1. The molecule has 1 aromatic carbocycles. The molecule has 4 N–H and O–H groups in total. The number of carboxylic acid groups (broad SMARTS) is 1. The molecule has 1 fully saturated rings. The van der Waals surface area contributed by atoms with Crippen LogP contribution in [0.3, 0.4) is 0 Å². The van der Waals surface area contributed by atoms with E-state index in [4.69, 9.17) is 22.1 Å². The number of amides is 2. The maximum absolute atomic E-state index is 14.3. The first-order chi connectivity index (χ1) is 13.8. The predicted octanol–water partition coefficient (Wildman–Crippen LogP) is 2.03. The van der Waals surface area contributed by atoms with Crippen molar-refractivity contribution in [1.82, 2.24) is 14.8 Å². The molecule has 2 aromatic rings. The number of aromatic nitrogens is 1. The van der Waals surface area contributed by atoms with E-state index in [-0.39, 0.29) is 59.7 Å². The van der Waals surface area contributed by atoms with E-state index in [1.54, 1.807) is 0 Å². The van der Waals surface area contributed by atoms with Crippen molar-refractivity contribution in [3.63, 3.8) is 0 Å². The predicted molar refractivity (Wildman–Crippen MR) is 101 cm³/mol. The lowest BCUT2D eigenvalue weighted by Crippen LogP contribution is -2.57. The van der Waals surface area contributed by atoms with Crippen LogP contribution in [0.1, 0.15) is 10.4 Å². The molecule has 9 nitrogen and oxygen atoms in total. The lowest BCUT2D eigenvalue weighted by atomic mass is 10.1. The second-order valence-electron chi connectivity index (χ2n) is 6.69. The molecule has 0 saturated carbocycles. The fraction of sp³-hybridized carbons (Fsp3) is 0.278. The van der Waals surface area contributed by atoms with Gasteiger partial charge >= 0.3 is 6.09 Å². The van der Waals surface area contributed by atoms with E-state index in [9.17, 15) is 24.2 Å². The second kappa shape index (κ2) is 6.96. The van der Waals surface area contributed by atoms with Crippen LogP contribution >= 0.6 is 11.6 Å². The van der Waals surface area contributed by atoms with E-state index in [0.29, 0.717) is 0 Å². The number of nitrogen functional groups attached to an aromatic ring is 1. The molecule has 4 rings (SSSR count). The topological polar surface area (TPSA) is 129 Å². The summed E-state index contributed by atoms with van der Waals surface area (Å²) in [5.41, 5.74) is 5.51. The Morgan fingerprint density at radius 2 is 2.10 bits per heavy atom. The van der Waals surface area contributed by atoms with Gasteiger partial charge in [-0.3, -0.25) is 4.79 Å². The van der Waals surface area contributed by atoms with Crippen LogP contribution in [-0.4, -0.2) is 69.3 Å². The number of hydrogen-bond donors (Lipinski definition) is 3. The van der Waals surface area contributed by atoms with Crippen LogP contribution in [0.4, 0.5) is 15.0 Å². The summed E-state index contributed by atoms with van der Waals surface area (Å²) in [5.74, 6) is -1.96. The fourth-order valence-electron chi connectivity index (χ4n) is 3.58. The number of piperazine rings is 1. The SMILES string of the molecule is Nc1nc(-c2c(O)cccc2F)c(Cl)c2c1C(=O)N1CCN(C(=O)O)C[C@@H]1CO2. The van der Waals surface area contributed by atoms with Crippen LogP contribution in [0.25, 0.3) is 11.3 Å². The van der Waals surface area contributed by atoms with Gasteiger partial charge in [-0.2, -0.15) is 0 Å². The number of nitrogens with two attached hydrogens (primary N) is 1. The first-order valence-corrected chi connectivity index (χ1v) is 9.05. The van der Waals surface area contributed by atoms with Gasteiger partial charge < -0.3 is 30.5 Å². The Hall–Kier alpha value is -3.27. The monoisotopic (exact) mass is 422 g/mol. The zero-order valence-corrected chi connectivity index (χ0v) is 15.7. The van der Waals surface area contributed by atoms with Crippen LogP contribution in [0.15, 0.2) is 18.2 Å². The molecule has 3 heterocycles. The Morgan fingerprint density at radius 1 is 1.34 bits per heavy atom. The minimum absolute atomic E-state index is 0.0333. The summed E-state index contributed by atoms with van der Waals surface area (Å²) in [6.07, 6.45) is -1.09. The van der Waals surface area contributed by atoms with Gasteiger partial charge in [-0.05, 0) is 12.1 Å². The van der Waals surface area contributed by atoms with Gasteiger partial charge in [0.2, 0.25) is 0 Å². The average molecular weight is 423 g/mol. The Kier molecular flexibility index (Phi) is 4.58. The number of halogens is 2. The number of aromatic hydroxyl groups is 1. The van der Waals surface area contributed by atoms with Gasteiger partial charge in [-0.25, -0.2) is 14.2 Å². The van der Waals surface area contributed by atoms with Gasteiger partial charge in [0.25, 0.3) is 5.91 Å². The molecular formula is C18H16ClFN4O5. The Morgan fingerprint density at radius 3 is 2.79 bits per heavy atom. The Bertz CT molecular complexity index is 1010. The molecule has 0 aliphatic carbocycles. The standard InChI is InChI=1S/C18H16ClFN4O5/c19-13-14(11-9(20)2-1-3-10(11)25)22-16(21)12-15(13)29-7-8-6-23(18(27)28)4-5-24(8)17(12)26/h1-3,8,25H,4-7H2,(H2,21,22)(H,27,28)/t8-/m1/s1. The lowest BCUT2D eigenvalue weighted by molar-refractivity contribution is 0.0390. The summed E-state index contributed by atoms with van der Waals surface area (Å²) in [7, 11) is 0. The van der Waals surface area contributed by atoms with E-state index in [2.05, 4.69) is 4.98 Å². The van der Waals surface area contributed by atoms with Crippen LogP contribution in [0.5, 0.6) is 11.5 Å². The number of hydrogen-bond acceptors (Lipinski definition) is 6. The van der Waals surface area contributed by atoms with Gasteiger partial charge in [-0.15, -0.1) is 0 Å². The molecule has 2 amide bonds. The molecule has 1 saturated heterocycles. The molecule has 2 aliphatic heterocycles. The van der Waals surface area contributed by atoms with Crippen LogP contribution in [0, 0.1) is 5.82 Å². The molecule has 1 atom stereocenters. The Balaban J connectivity index is 1.81. The molecule has 0 spiro atoms. The first-order valence-electron chi connectivity index (χ1n) is 8.68. The third-order valence-electron chi connectivity index (χ3n) is 5.00. The smallest absolute Gasteiger partial charge is 0.407 e. The van der Waals surface area contributed by atoms with E-state index < -0.39 is 29.6 Å². The minimum Gasteiger partial charge on any atom is -0.507 e. The zero-order chi connectivity index (χ0) is 20.9. The highest BCUT2D eigenvalue weighted by Gasteiger charge is 2.39.